The molecule has 37 heavy (non-hydrogen) atoms. The fraction of sp³-hybridized carbons (Fsp3) is 0.433. The predicted octanol–water partition coefficient (Wildman–Crippen LogP) is 7.65. The highest BCUT2D eigenvalue weighted by Crippen LogP contribution is 2.27. The van der Waals surface area contributed by atoms with Gasteiger partial charge in [-0.15, -0.1) is 23.1 Å². The van der Waals surface area contributed by atoms with Gasteiger partial charge in [0.1, 0.15) is 5.75 Å². The number of aryl methyl sites for hydroxylation is 3. The minimum atomic E-state index is -0.810. The molecular formula is C30H37NO4S2. The SMILES string of the molecule is Cc1nc(C(=O)C(Oc2ccc(SCCCCCc3ccccc3)cc2)C(C)C)sc1CCCC(=O)O. The summed E-state index contributed by atoms with van der Waals surface area (Å²) in [5.41, 5.74) is 2.20. The van der Waals surface area contributed by atoms with E-state index in [9.17, 15) is 9.59 Å². The van der Waals surface area contributed by atoms with Crippen molar-refractivity contribution in [2.24, 2.45) is 5.92 Å². The van der Waals surface area contributed by atoms with Gasteiger partial charge in [-0.05, 0) is 80.5 Å². The number of aliphatic carboxylic acids is 1. The highest BCUT2D eigenvalue weighted by molar-refractivity contribution is 7.99. The Morgan fingerprint density at radius 3 is 2.38 bits per heavy atom. The summed E-state index contributed by atoms with van der Waals surface area (Å²) in [6.07, 6.45) is 5.40. The molecule has 198 valence electrons. The Morgan fingerprint density at radius 1 is 0.973 bits per heavy atom. The number of thiazole rings is 1. The molecule has 3 rings (SSSR count). The van der Waals surface area contributed by atoms with Gasteiger partial charge in [0.15, 0.2) is 11.1 Å². The van der Waals surface area contributed by atoms with Crippen molar-refractivity contribution < 1.29 is 19.4 Å². The average Bonchev–Trinajstić information content (AvgIpc) is 3.25. The molecular weight excluding hydrogens is 502 g/mol. The Hall–Kier alpha value is -2.64. The summed E-state index contributed by atoms with van der Waals surface area (Å²) in [5, 5.41) is 9.30. The maximum atomic E-state index is 13.2. The number of ketones is 1. The van der Waals surface area contributed by atoms with Crippen LogP contribution in [0.5, 0.6) is 5.75 Å². The number of thioether (sulfide) groups is 1. The first-order valence-corrected chi connectivity index (χ1v) is 14.8. The summed E-state index contributed by atoms with van der Waals surface area (Å²) in [7, 11) is 0. The maximum absolute atomic E-state index is 13.2. The number of nitrogens with zero attached hydrogens (tertiary/aromatic N) is 1. The molecule has 1 aromatic heterocycles. The lowest BCUT2D eigenvalue weighted by atomic mass is 10.0. The molecule has 1 atom stereocenters. The lowest BCUT2D eigenvalue weighted by Gasteiger charge is -2.20. The molecule has 0 saturated carbocycles. The molecule has 7 heteroatoms. The Morgan fingerprint density at radius 2 is 1.70 bits per heavy atom. The van der Waals surface area contributed by atoms with Crippen LogP contribution in [0.15, 0.2) is 59.5 Å². The van der Waals surface area contributed by atoms with Gasteiger partial charge in [-0.2, -0.15) is 0 Å². The van der Waals surface area contributed by atoms with E-state index in [4.69, 9.17) is 9.84 Å². The second-order valence-electron chi connectivity index (χ2n) is 9.54. The monoisotopic (exact) mass is 539 g/mol. The van der Waals surface area contributed by atoms with Gasteiger partial charge in [-0.3, -0.25) is 9.59 Å². The van der Waals surface area contributed by atoms with E-state index < -0.39 is 12.1 Å². The van der Waals surface area contributed by atoms with Gasteiger partial charge >= 0.3 is 5.97 Å². The van der Waals surface area contributed by atoms with Gasteiger partial charge in [0.25, 0.3) is 0 Å². The van der Waals surface area contributed by atoms with Crippen LogP contribution in [0.2, 0.25) is 0 Å². The summed E-state index contributed by atoms with van der Waals surface area (Å²) in [6.45, 7) is 5.81. The topological polar surface area (TPSA) is 76.5 Å². The standard InChI is InChI=1S/C30H37NO4S2/c1-21(2)29(28(34)30-31-22(3)26(37-30)14-10-15-27(32)33)35-24-16-18-25(19-17-24)36-20-9-5-8-13-23-11-6-4-7-12-23/h4,6-7,11-12,16-19,21,29H,5,8-10,13-15,20H2,1-3H3,(H,32,33). The van der Waals surface area contributed by atoms with Crippen molar-refractivity contribution >= 4 is 34.9 Å². The highest BCUT2D eigenvalue weighted by Gasteiger charge is 2.28. The van der Waals surface area contributed by atoms with Crippen LogP contribution in [0.3, 0.4) is 0 Å². The molecule has 0 saturated heterocycles. The average molecular weight is 540 g/mol. The van der Waals surface area contributed by atoms with Crippen LogP contribution in [-0.4, -0.2) is 33.7 Å². The number of carbonyl (C=O) groups excluding carboxylic acids is 1. The molecule has 0 bridgehead atoms. The number of carboxylic acid groups (broad SMARTS) is 1. The van der Waals surface area contributed by atoms with Crippen molar-refractivity contribution in [2.45, 2.75) is 76.7 Å². The van der Waals surface area contributed by atoms with Gasteiger partial charge in [-0.1, -0.05) is 50.6 Å². The fourth-order valence-corrected chi connectivity index (χ4v) is 5.97. The van der Waals surface area contributed by atoms with Crippen LogP contribution in [0.1, 0.15) is 71.9 Å². The zero-order valence-corrected chi connectivity index (χ0v) is 23.6. The molecule has 0 radical (unpaired) electrons. The van der Waals surface area contributed by atoms with E-state index in [1.54, 1.807) is 0 Å². The number of Topliss-reactive ketones (excluding diaryl/α,β-unsaturated/α-hetero) is 1. The lowest BCUT2D eigenvalue weighted by Crippen LogP contribution is -2.32. The molecule has 0 amide bonds. The number of aromatic nitrogens is 1. The van der Waals surface area contributed by atoms with Crippen LogP contribution in [-0.2, 0) is 17.6 Å². The first-order valence-electron chi connectivity index (χ1n) is 13.0. The van der Waals surface area contributed by atoms with E-state index in [-0.39, 0.29) is 18.1 Å². The number of benzene rings is 2. The van der Waals surface area contributed by atoms with Crippen LogP contribution < -0.4 is 4.74 Å². The molecule has 5 nitrogen and oxygen atoms in total. The minimum absolute atomic E-state index is 0.0166. The number of hydrogen-bond acceptors (Lipinski definition) is 6. The van der Waals surface area contributed by atoms with E-state index in [2.05, 4.69) is 47.4 Å². The smallest absolute Gasteiger partial charge is 0.303 e. The summed E-state index contributed by atoms with van der Waals surface area (Å²) < 4.78 is 6.14. The van der Waals surface area contributed by atoms with E-state index in [0.29, 0.717) is 23.6 Å². The largest absolute Gasteiger partial charge is 0.482 e. The summed E-state index contributed by atoms with van der Waals surface area (Å²) in [4.78, 5) is 30.7. The predicted molar refractivity (Wildman–Crippen MR) is 152 cm³/mol. The third-order valence-corrected chi connectivity index (χ3v) is 8.40. The number of rotatable bonds is 16. The summed E-state index contributed by atoms with van der Waals surface area (Å²) in [5.74, 6) is 0.808. The first kappa shape index (κ1) is 28.9. The van der Waals surface area contributed by atoms with Gasteiger partial charge in [0.05, 0.1) is 5.69 Å². The minimum Gasteiger partial charge on any atom is -0.482 e. The van der Waals surface area contributed by atoms with Crippen LogP contribution in [0, 0.1) is 12.8 Å². The van der Waals surface area contributed by atoms with Crippen molar-refractivity contribution in [3.63, 3.8) is 0 Å². The normalized spacial score (nSPS) is 12.0. The van der Waals surface area contributed by atoms with E-state index in [0.717, 1.165) is 22.7 Å². The highest BCUT2D eigenvalue weighted by atomic mass is 32.2. The number of hydrogen-bond donors (Lipinski definition) is 1. The Kier molecular flexibility index (Phi) is 11.7. The van der Waals surface area contributed by atoms with Gasteiger partial charge < -0.3 is 9.84 Å². The zero-order valence-electron chi connectivity index (χ0n) is 21.9. The number of carbonyl (C=O) groups is 2. The van der Waals surface area contributed by atoms with Gasteiger partial charge in [-0.25, -0.2) is 4.98 Å². The lowest BCUT2D eigenvalue weighted by molar-refractivity contribution is -0.137. The molecule has 2 aromatic carbocycles. The molecule has 0 aliphatic heterocycles. The molecule has 3 aromatic rings. The molecule has 0 fully saturated rings. The molecule has 1 N–H and O–H groups in total. The van der Waals surface area contributed by atoms with E-state index >= 15 is 0 Å². The van der Waals surface area contributed by atoms with Crippen LogP contribution >= 0.6 is 23.1 Å². The Labute approximate surface area is 228 Å². The van der Waals surface area contributed by atoms with Gasteiger partial charge in [0, 0.05) is 16.2 Å². The molecule has 0 aliphatic carbocycles. The number of unbranched alkanes of at least 4 members (excludes halogenated alkanes) is 2. The Bertz CT molecular complexity index is 1130. The molecule has 0 aliphatic rings. The van der Waals surface area contributed by atoms with Crippen molar-refractivity contribution in [1.29, 1.82) is 0 Å². The maximum Gasteiger partial charge on any atom is 0.303 e. The number of ether oxygens (including phenoxy) is 1. The van der Waals surface area contributed by atoms with Crippen LogP contribution in [0.25, 0.3) is 0 Å². The van der Waals surface area contributed by atoms with Crippen LogP contribution in [0.4, 0.5) is 0 Å². The number of carboxylic acids is 1. The Balaban J connectivity index is 1.47. The van der Waals surface area contributed by atoms with Crippen molar-refractivity contribution in [2.75, 3.05) is 5.75 Å². The van der Waals surface area contributed by atoms with E-state index in [1.165, 1.54) is 41.1 Å². The first-order chi connectivity index (χ1) is 17.8. The molecule has 1 heterocycles. The molecule has 1 unspecified atom stereocenters. The second-order valence-corrected chi connectivity index (χ2v) is 11.8. The van der Waals surface area contributed by atoms with Gasteiger partial charge in [0.2, 0.25) is 5.78 Å². The summed E-state index contributed by atoms with van der Waals surface area (Å²) >= 11 is 3.20. The fourth-order valence-electron chi connectivity index (χ4n) is 3.98. The zero-order chi connectivity index (χ0) is 26.6. The third kappa shape index (κ3) is 9.63. The van der Waals surface area contributed by atoms with Crippen molar-refractivity contribution in [3.05, 3.63) is 75.7 Å². The second kappa shape index (κ2) is 14.9. The van der Waals surface area contributed by atoms with E-state index in [1.807, 2.05) is 44.7 Å². The quantitative estimate of drug-likeness (QED) is 0.114. The summed E-state index contributed by atoms with van der Waals surface area (Å²) in [6, 6.07) is 18.6. The van der Waals surface area contributed by atoms with Crippen molar-refractivity contribution in [1.82, 2.24) is 4.98 Å². The third-order valence-electron chi connectivity index (χ3n) is 6.07. The van der Waals surface area contributed by atoms with Crippen molar-refractivity contribution in [3.8, 4) is 5.75 Å². The molecule has 0 spiro atoms.